The number of nitrogens with one attached hydrogen (secondary N) is 1. The summed E-state index contributed by atoms with van der Waals surface area (Å²) in [5.41, 5.74) is 1.73. The summed E-state index contributed by atoms with van der Waals surface area (Å²) in [6.45, 7) is 3.27. The first kappa shape index (κ1) is 11.4. The summed E-state index contributed by atoms with van der Waals surface area (Å²) < 4.78 is 5.45. The topological polar surface area (TPSA) is 49.0 Å². The number of hydrogen-bond acceptors (Lipinski definition) is 3. The first-order valence-electron chi connectivity index (χ1n) is 5.53. The predicted octanol–water partition coefficient (Wildman–Crippen LogP) is 2.75. The lowest BCUT2D eigenvalue weighted by Crippen LogP contribution is -2.13. The van der Waals surface area contributed by atoms with E-state index in [4.69, 9.17) is 9.68 Å². The maximum atomic E-state index is 8.94. The molecule has 0 aliphatic rings. The van der Waals surface area contributed by atoms with Gasteiger partial charge in [-0.2, -0.15) is 5.26 Å². The lowest BCUT2D eigenvalue weighted by molar-refractivity contribution is 0.461. The Kier molecular flexibility index (Phi) is 3.59. The first-order chi connectivity index (χ1) is 8.29. The van der Waals surface area contributed by atoms with Crippen LogP contribution in [0, 0.1) is 18.3 Å². The Hall–Kier alpha value is -2.05. The highest BCUT2D eigenvalue weighted by Crippen LogP contribution is 2.08. The lowest BCUT2D eigenvalue weighted by atomic mass is 10.1. The number of nitriles is 1. The second kappa shape index (κ2) is 5.33. The number of rotatable bonds is 4. The molecule has 17 heavy (non-hydrogen) atoms. The number of nitrogens with zero attached hydrogens (tertiary/aromatic N) is 1. The van der Waals surface area contributed by atoms with Gasteiger partial charge in [0, 0.05) is 6.54 Å². The highest BCUT2D eigenvalue weighted by atomic mass is 16.3. The Morgan fingerprint density at radius 2 is 2.00 bits per heavy atom. The van der Waals surface area contributed by atoms with E-state index < -0.39 is 0 Å². The van der Waals surface area contributed by atoms with Crippen LogP contribution < -0.4 is 5.32 Å². The summed E-state index contributed by atoms with van der Waals surface area (Å²) >= 11 is 0. The molecule has 0 aliphatic heterocycles. The van der Waals surface area contributed by atoms with Gasteiger partial charge in [-0.05, 0) is 30.7 Å². The molecular formula is C14H14N2O. The predicted molar refractivity (Wildman–Crippen MR) is 65.1 cm³/mol. The zero-order valence-corrected chi connectivity index (χ0v) is 9.73. The average Bonchev–Trinajstić information content (AvgIpc) is 2.76. The van der Waals surface area contributed by atoms with Crippen LogP contribution in [0.4, 0.5) is 0 Å². The quantitative estimate of drug-likeness (QED) is 0.872. The van der Waals surface area contributed by atoms with Crippen molar-refractivity contribution in [3.05, 3.63) is 59.0 Å². The van der Waals surface area contributed by atoms with Crippen LogP contribution in [0.25, 0.3) is 0 Å². The minimum absolute atomic E-state index is 0.670. The van der Waals surface area contributed by atoms with Gasteiger partial charge in [0.1, 0.15) is 11.5 Å². The fraction of sp³-hybridized carbons (Fsp3) is 0.214. The van der Waals surface area contributed by atoms with Crippen LogP contribution in [-0.2, 0) is 13.1 Å². The van der Waals surface area contributed by atoms with Crippen molar-refractivity contribution in [1.29, 1.82) is 5.26 Å². The molecule has 0 atom stereocenters. The molecule has 0 saturated heterocycles. The molecule has 0 unspecified atom stereocenters. The van der Waals surface area contributed by atoms with Crippen molar-refractivity contribution in [2.24, 2.45) is 0 Å². The van der Waals surface area contributed by atoms with Gasteiger partial charge in [0.15, 0.2) is 0 Å². The van der Waals surface area contributed by atoms with Crippen molar-refractivity contribution >= 4 is 0 Å². The zero-order valence-electron chi connectivity index (χ0n) is 9.73. The van der Waals surface area contributed by atoms with Crippen LogP contribution in [0.15, 0.2) is 40.8 Å². The molecule has 1 aromatic carbocycles. The first-order valence-corrected chi connectivity index (χ1v) is 5.53. The fourth-order valence-electron chi connectivity index (χ4n) is 1.68. The van der Waals surface area contributed by atoms with Gasteiger partial charge in [0.25, 0.3) is 0 Å². The summed E-state index contributed by atoms with van der Waals surface area (Å²) in [5.74, 6) is 1.83. The van der Waals surface area contributed by atoms with Gasteiger partial charge in [-0.25, -0.2) is 0 Å². The third-order valence-corrected chi connectivity index (χ3v) is 2.55. The fourth-order valence-corrected chi connectivity index (χ4v) is 1.68. The maximum Gasteiger partial charge on any atom is 0.117 e. The molecule has 0 fully saturated rings. The monoisotopic (exact) mass is 226 g/mol. The van der Waals surface area contributed by atoms with E-state index in [1.807, 2.05) is 43.3 Å². The molecule has 86 valence electrons. The maximum absolute atomic E-state index is 8.94. The van der Waals surface area contributed by atoms with Crippen molar-refractivity contribution in [3.8, 4) is 6.07 Å². The zero-order chi connectivity index (χ0) is 12.1. The molecule has 0 aliphatic carbocycles. The van der Waals surface area contributed by atoms with E-state index in [9.17, 15) is 0 Å². The molecule has 1 N–H and O–H groups in total. The van der Waals surface area contributed by atoms with Crippen molar-refractivity contribution in [2.75, 3.05) is 0 Å². The minimum Gasteiger partial charge on any atom is -0.465 e. The van der Waals surface area contributed by atoms with E-state index in [1.54, 1.807) is 0 Å². The molecule has 2 aromatic rings. The Morgan fingerprint density at radius 3 is 2.71 bits per heavy atom. The molecular weight excluding hydrogens is 212 g/mol. The standard InChI is InChI=1S/C14H14N2O/c1-11-6-7-14(17-11)10-16-9-13-5-3-2-4-12(13)8-15/h2-7,16H,9-10H2,1H3. The van der Waals surface area contributed by atoms with Crippen LogP contribution in [-0.4, -0.2) is 0 Å². The van der Waals surface area contributed by atoms with Crippen molar-refractivity contribution in [2.45, 2.75) is 20.0 Å². The Labute approximate surface area is 101 Å². The normalized spacial score (nSPS) is 10.1. The third-order valence-electron chi connectivity index (χ3n) is 2.55. The summed E-state index contributed by atoms with van der Waals surface area (Å²) in [6.07, 6.45) is 0. The molecule has 0 saturated carbocycles. The number of hydrogen-bond donors (Lipinski definition) is 1. The van der Waals surface area contributed by atoms with Gasteiger partial charge < -0.3 is 9.73 Å². The molecule has 0 radical (unpaired) electrons. The van der Waals surface area contributed by atoms with Crippen LogP contribution in [0.2, 0.25) is 0 Å². The van der Waals surface area contributed by atoms with Crippen LogP contribution >= 0.6 is 0 Å². The third kappa shape index (κ3) is 2.96. The number of benzene rings is 1. The second-order valence-electron chi connectivity index (χ2n) is 3.88. The van der Waals surface area contributed by atoms with Gasteiger partial charge >= 0.3 is 0 Å². The van der Waals surface area contributed by atoms with E-state index in [-0.39, 0.29) is 0 Å². The SMILES string of the molecule is Cc1ccc(CNCc2ccccc2C#N)o1. The smallest absolute Gasteiger partial charge is 0.117 e. The van der Waals surface area contributed by atoms with Gasteiger partial charge in [-0.1, -0.05) is 18.2 Å². The van der Waals surface area contributed by atoms with E-state index in [0.29, 0.717) is 13.1 Å². The highest BCUT2D eigenvalue weighted by molar-refractivity contribution is 5.37. The molecule has 0 spiro atoms. The van der Waals surface area contributed by atoms with Crippen LogP contribution in [0.5, 0.6) is 0 Å². The van der Waals surface area contributed by atoms with E-state index in [0.717, 1.165) is 22.6 Å². The number of furan rings is 1. The van der Waals surface area contributed by atoms with Gasteiger partial charge in [0.05, 0.1) is 18.2 Å². The summed E-state index contributed by atoms with van der Waals surface area (Å²) in [6, 6.07) is 13.7. The number of aryl methyl sites for hydroxylation is 1. The molecule has 1 heterocycles. The van der Waals surface area contributed by atoms with Gasteiger partial charge in [0.2, 0.25) is 0 Å². The Bertz CT molecular complexity index is 537. The average molecular weight is 226 g/mol. The Balaban J connectivity index is 1.92. The molecule has 3 nitrogen and oxygen atoms in total. The van der Waals surface area contributed by atoms with Gasteiger partial charge in [-0.15, -0.1) is 0 Å². The molecule has 2 rings (SSSR count). The van der Waals surface area contributed by atoms with Crippen LogP contribution in [0.3, 0.4) is 0 Å². The van der Waals surface area contributed by atoms with Crippen LogP contribution in [0.1, 0.15) is 22.6 Å². The summed E-state index contributed by atoms with van der Waals surface area (Å²) in [7, 11) is 0. The second-order valence-corrected chi connectivity index (χ2v) is 3.88. The molecule has 0 amide bonds. The highest BCUT2D eigenvalue weighted by Gasteiger charge is 2.01. The molecule has 0 bridgehead atoms. The largest absolute Gasteiger partial charge is 0.465 e. The van der Waals surface area contributed by atoms with Crippen molar-refractivity contribution < 1.29 is 4.42 Å². The van der Waals surface area contributed by atoms with Gasteiger partial charge in [-0.3, -0.25) is 0 Å². The Morgan fingerprint density at radius 1 is 1.18 bits per heavy atom. The summed E-state index contributed by atoms with van der Waals surface area (Å²) in [4.78, 5) is 0. The van der Waals surface area contributed by atoms with Crippen molar-refractivity contribution in [3.63, 3.8) is 0 Å². The van der Waals surface area contributed by atoms with Crippen molar-refractivity contribution in [1.82, 2.24) is 5.32 Å². The van der Waals surface area contributed by atoms with E-state index >= 15 is 0 Å². The van der Waals surface area contributed by atoms with E-state index in [2.05, 4.69) is 11.4 Å². The van der Waals surface area contributed by atoms with E-state index in [1.165, 1.54) is 0 Å². The molecule has 3 heteroatoms. The molecule has 1 aromatic heterocycles. The summed E-state index contributed by atoms with van der Waals surface area (Å²) in [5, 5.41) is 12.2. The minimum atomic E-state index is 0.670. The lowest BCUT2D eigenvalue weighted by Gasteiger charge is -2.04.